The number of carbonyl (C=O) groups excluding carboxylic acids is 1. The molecule has 4 nitrogen and oxygen atoms in total. The average molecular weight is 481 g/mol. The molecule has 4 aliphatic rings. The van der Waals surface area contributed by atoms with E-state index in [0.29, 0.717) is 37.0 Å². The van der Waals surface area contributed by atoms with Gasteiger partial charge in [-0.15, -0.1) is 0 Å². The van der Waals surface area contributed by atoms with Crippen LogP contribution in [0.1, 0.15) is 99.3 Å². The van der Waals surface area contributed by atoms with Gasteiger partial charge >= 0.3 is 0 Å². The zero-order valence-corrected chi connectivity index (χ0v) is 22.3. The maximum atomic E-state index is 16.3. The Morgan fingerprint density at radius 3 is 2.29 bits per heavy atom. The third kappa shape index (κ3) is 3.74. The number of rotatable bonds is 6. The van der Waals surface area contributed by atoms with Crippen molar-refractivity contribution < 1.29 is 24.5 Å². The standard InChI is InChI=1S/C29H49FO4/c1-7-19(16(2)3)26(34)25(33)17(4)21-8-9-22-20-14-24(32)29(30)15-18(31)10-13-28(29,6)23(20)11-12-27(21,22)5/h16-23,25-26,31,33-34H,7-15H2,1-6H3/t17-,18-,19-,20?,21+,22?,23?,25-,26-,27+,28+,29-/m0/s1. The van der Waals surface area contributed by atoms with Crippen molar-refractivity contribution >= 4 is 5.78 Å². The van der Waals surface area contributed by atoms with Crippen molar-refractivity contribution in [1.82, 2.24) is 0 Å². The van der Waals surface area contributed by atoms with Crippen LogP contribution >= 0.6 is 0 Å². The van der Waals surface area contributed by atoms with Crippen LogP contribution in [0.3, 0.4) is 0 Å². The molecule has 196 valence electrons. The summed E-state index contributed by atoms with van der Waals surface area (Å²) in [5.74, 6) is 1.10. The Morgan fingerprint density at radius 2 is 1.68 bits per heavy atom. The first-order chi connectivity index (χ1) is 15.8. The number of aliphatic hydroxyl groups is 3. The molecule has 12 atom stereocenters. The van der Waals surface area contributed by atoms with E-state index in [1.807, 2.05) is 6.92 Å². The van der Waals surface area contributed by atoms with Crippen LogP contribution in [0.2, 0.25) is 0 Å². The quantitative estimate of drug-likeness (QED) is 0.481. The fourth-order valence-electron chi connectivity index (χ4n) is 9.79. The third-order valence-corrected chi connectivity index (χ3v) is 11.9. The van der Waals surface area contributed by atoms with Gasteiger partial charge in [0.2, 0.25) is 0 Å². The predicted octanol–water partition coefficient (Wildman–Crippen LogP) is 5.32. The van der Waals surface area contributed by atoms with Gasteiger partial charge in [0.15, 0.2) is 11.5 Å². The number of carbonyl (C=O) groups is 1. The second-order valence-electron chi connectivity index (χ2n) is 13.5. The summed E-state index contributed by atoms with van der Waals surface area (Å²) in [6.45, 7) is 12.7. The summed E-state index contributed by atoms with van der Waals surface area (Å²) in [5, 5.41) is 32.5. The Balaban J connectivity index is 1.57. The normalized spacial score (nSPS) is 48.0. The molecule has 0 bridgehead atoms. The molecule has 3 N–H and O–H groups in total. The van der Waals surface area contributed by atoms with Crippen LogP contribution in [0.25, 0.3) is 0 Å². The highest BCUT2D eigenvalue weighted by molar-refractivity contribution is 5.89. The molecular weight excluding hydrogens is 431 g/mol. The number of hydrogen-bond donors (Lipinski definition) is 3. The summed E-state index contributed by atoms with van der Waals surface area (Å²) in [6.07, 6.45) is 3.98. The second kappa shape index (κ2) is 9.10. The van der Waals surface area contributed by atoms with Gasteiger partial charge in [-0.3, -0.25) is 4.79 Å². The van der Waals surface area contributed by atoms with Gasteiger partial charge in [-0.1, -0.05) is 48.0 Å². The summed E-state index contributed by atoms with van der Waals surface area (Å²) < 4.78 is 16.3. The van der Waals surface area contributed by atoms with Crippen LogP contribution in [0, 0.1) is 52.3 Å². The van der Waals surface area contributed by atoms with E-state index in [1.165, 1.54) is 0 Å². The van der Waals surface area contributed by atoms with E-state index in [2.05, 4.69) is 34.6 Å². The largest absolute Gasteiger partial charge is 0.393 e. The van der Waals surface area contributed by atoms with E-state index < -0.39 is 29.4 Å². The van der Waals surface area contributed by atoms with Gasteiger partial charge in [0.05, 0.1) is 18.3 Å². The third-order valence-electron chi connectivity index (χ3n) is 11.9. The molecule has 4 rings (SSSR count). The maximum absolute atomic E-state index is 16.3. The maximum Gasteiger partial charge on any atom is 0.176 e. The smallest absolute Gasteiger partial charge is 0.176 e. The van der Waals surface area contributed by atoms with Gasteiger partial charge in [-0.2, -0.15) is 0 Å². The lowest BCUT2D eigenvalue weighted by molar-refractivity contribution is -0.192. The lowest BCUT2D eigenvalue weighted by Gasteiger charge is -2.62. The Morgan fingerprint density at radius 1 is 1.00 bits per heavy atom. The number of ketones is 1. The summed E-state index contributed by atoms with van der Waals surface area (Å²) in [4.78, 5) is 13.3. The van der Waals surface area contributed by atoms with Crippen LogP contribution in [-0.4, -0.2) is 45.1 Å². The first kappa shape index (κ1) is 26.5. The fourth-order valence-corrected chi connectivity index (χ4v) is 9.79. The van der Waals surface area contributed by atoms with Crippen molar-refractivity contribution in [3.05, 3.63) is 0 Å². The predicted molar refractivity (Wildman–Crippen MR) is 132 cm³/mol. The lowest BCUT2D eigenvalue weighted by Crippen LogP contribution is -2.65. The minimum Gasteiger partial charge on any atom is -0.393 e. The van der Waals surface area contributed by atoms with E-state index >= 15 is 4.39 Å². The zero-order chi connectivity index (χ0) is 25.2. The zero-order valence-electron chi connectivity index (χ0n) is 22.3. The van der Waals surface area contributed by atoms with Gasteiger partial charge < -0.3 is 15.3 Å². The molecule has 34 heavy (non-hydrogen) atoms. The van der Waals surface area contributed by atoms with Crippen molar-refractivity contribution in [2.75, 3.05) is 0 Å². The van der Waals surface area contributed by atoms with E-state index in [-0.39, 0.29) is 41.3 Å². The van der Waals surface area contributed by atoms with Crippen LogP contribution in [0.5, 0.6) is 0 Å². The molecule has 0 saturated heterocycles. The van der Waals surface area contributed by atoms with Gasteiger partial charge in [0, 0.05) is 18.3 Å². The molecule has 0 spiro atoms. The van der Waals surface area contributed by atoms with Crippen molar-refractivity contribution in [3.63, 3.8) is 0 Å². The highest BCUT2D eigenvalue weighted by Gasteiger charge is 2.69. The van der Waals surface area contributed by atoms with Gasteiger partial charge in [-0.05, 0) is 85.4 Å². The Labute approximate surface area is 206 Å². The Bertz CT molecular complexity index is 771. The van der Waals surface area contributed by atoms with Crippen molar-refractivity contribution in [3.8, 4) is 0 Å². The van der Waals surface area contributed by atoms with Gasteiger partial charge in [-0.25, -0.2) is 4.39 Å². The first-order valence-corrected chi connectivity index (χ1v) is 14.1. The van der Waals surface area contributed by atoms with E-state index in [0.717, 1.165) is 32.1 Å². The van der Waals surface area contributed by atoms with Crippen molar-refractivity contribution in [2.45, 2.75) is 123 Å². The number of alkyl halides is 1. The monoisotopic (exact) mass is 480 g/mol. The second-order valence-corrected chi connectivity index (χ2v) is 13.5. The van der Waals surface area contributed by atoms with E-state index in [4.69, 9.17) is 0 Å². The number of aliphatic hydroxyl groups excluding tert-OH is 3. The fraction of sp³-hybridized carbons (Fsp3) is 0.966. The lowest BCUT2D eigenvalue weighted by atomic mass is 9.43. The minimum absolute atomic E-state index is 0.00194. The Hall–Kier alpha value is -0.520. The number of fused-ring (bicyclic) bond motifs is 5. The number of halogens is 1. The van der Waals surface area contributed by atoms with Crippen molar-refractivity contribution in [1.29, 1.82) is 0 Å². The SMILES string of the molecule is CC[C@@H](C(C)C)[C@H](O)[C@@H](O)[C@@H](C)[C@H]1CCC2C3CC(=O)[C@@]4(F)C[C@@H](O)CC[C@]4(C)C3CC[C@@]21C. The molecule has 0 aromatic carbocycles. The van der Waals surface area contributed by atoms with Crippen molar-refractivity contribution in [2.24, 2.45) is 52.3 Å². The highest BCUT2D eigenvalue weighted by Crippen LogP contribution is 2.69. The molecule has 0 radical (unpaired) electrons. The molecular formula is C29H49FO4. The molecule has 0 aromatic rings. The van der Waals surface area contributed by atoms with Gasteiger partial charge in [0.25, 0.3) is 0 Å². The van der Waals surface area contributed by atoms with Crippen LogP contribution < -0.4 is 0 Å². The highest BCUT2D eigenvalue weighted by atomic mass is 19.1. The summed E-state index contributed by atoms with van der Waals surface area (Å²) in [5.41, 5.74) is -2.57. The molecule has 0 aromatic heterocycles. The summed E-state index contributed by atoms with van der Waals surface area (Å²) >= 11 is 0. The Kier molecular flexibility index (Phi) is 7.10. The molecule has 4 fully saturated rings. The molecule has 0 amide bonds. The molecule has 3 unspecified atom stereocenters. The van der Waals surface area contributed by atoms with Crippen LogP contribution in [0.4, 0.5) is 4.39 Å². The van der Waals surface area contributed by atoms with E-state index in [1.54, 1.807) is 0 Å². The van der Waals surface area contributed by atoms with Crippen LogP contribution in [0.15, 0.2) is 0 Å². The average Bonchev–Trinajstić information content (AvgIpc) is 3.12. The molecule has 4 aliphatic carbocycles. The number of Topliss-reactive ketones (excluding diaryl/α,β-unsaturated/α-hetero) is 1. The number of hydrogen-bond acceptors (Lipinski definition) is 4. The summed E-state index contributed by atoms with van der Waals surface area (Å²) in [7, 11) is 0. The van der Waals surface area contributed by atoms with E-state index in [9.17, 15) is 20.1 Å². The summed E-state index contributed by atoms with van der Waals surface area (Å²) in [6, 6.07) is 0. The molecule has 5 heteroatoms. The molecule has 0 heterocycles. The molecule has 0 aliphatic heterocycles. The topological polar surface area (TPSA) is 77.8 Å². The van der Waals surface area contributed by atoms with Crippen LogP contribution in [-0.2, 0) is 4.79 Å². The minimum atomic E-state index is -1.89. The van der Waals surface area contributed by atoms with Gasteiger partial charge in [0.1, 0.15) is 0 Å². The molecule has 4 saturated carbocycles. The first-order valence-electron chi connectivity index (χ1n) is 14.1.